The Hall–Kier alpha value is -3.32. The van der Waals surface area contributed by atoms with E-state index in [1.807, 2.05) is 30.5 Å². The molecule has 1 aromatic heterocycles. The number of hydrogen-bond donors (Lipinski definition) is 3. The first kappa shape index (κ1) is 19.0. The zero-order valence-corrected chi connectivity index (χ0v) is 16.2. The number of ether oxygens (including phenoxy) is 1. The smallest absolute Gasteiger partial charge is 0.292 e. The van der Waals surface area contributed by atoms with Crippen LogP contribution in [-0.2, 0) is 20.7 Å². The normalized spacial score (nSPS) is 17.3. The zero-order chi connectivity index (χ0) is 20.2. The van der Waals surface area contributed by atoms with Crippen LogP contribution in [0.25, 0.3) is 10.9 Å². The summed E-state index contributed by atoms with van der Waals surface area (Å²) >= 11 is 5.82. The fraction of sp³-hybridized carbons (Fsp3) is 0.190. The van der Waals surface area contributed by atoms with Crippen LogP contribution in [0.3, 0.4) is 0 Å². The Morgan fingerprint density at radius 1 is 1.17 bits per heavy atom. The quantitative estimate of drug-likeness (QED) is 0.582. The summed E-state index contributed by atoms with van der Waals surface area (Å²) in [7, 11) is 0. The van der Waals surface area contributed by atoms with Gasteiger partial charge in [0.25, 0.3) is 11.9 Å². The molecule has 3 aromatic rings. The maximum Gasteiger partial charge on any atom is 0.292 e. The molecule has 0 bridgehead atoms. The number of H-pyrrole nitrogens is 1. The summed E-state index contributed by atoms with van der Waals surface area (Å²) in [4.78, 5) is 31.4. The number of amides is 2. The monoisotopic (exact) mass is 410 g/mol. The number of rotatable bonds is 6. The van der Waals surface area contributed by atoms with E-state index >= 15 is 0 Å². The van der Waals surface area contributed by atoms with E-state index in [0.29, 0.717) is 23.6 Å². The minimum absolute atomic E-state index is 0.0742. The highest BCUT2D eigenvalue weighted by Gasteiger charge is 2.30. The average Bonchev–Trinajstić information content (AvgIpc) is 3.29. The van der Waals surface area contributed by atoms with Crippen molar-refractivity contribution in [3.05, 3.63) is 65.3 Å². The number of aromatic amines is 1. The predicted octanol–water partition coefficient (Wildman–Crippen LogP) is 3.26. The van der Waals surface area contributed by atoms with Gasteiger partial charge in [-0.15, -0.1) is 0 Å². The molecule has 0 spiro atoms. The van der Waals surface area contributed by atoms with E-state index in [4.69, 9.17) is 16.3 Å². The lowest BCUT2D eigenvalue weighted by Crippen LogP contribution is -2.26. The van der Waals surface area contributed by atoms with Crippen LogP contribution < -0.4 is 10.6 Å². The Kier molecular flexibility index (Phi) is 5.48. The third-order valence-corrected chi connectivity index (χ3v) is 4.87. The van der Waals surface area contributed by atoms with E-state index < -0.39 is 6.10 Å². The van der Waals surface area contributed by atoms with Gasteiger partial charge in [0.05, 0.1) is 0 Å². The Bertz CT molecular complexity index is 1070. The van der Waals surface area contributed by atoms with Gasteiger partial charge >= 0.3 is 0 Å². The molecule has 0 radical (unpaired) electrons. The Labute approximate surface area is 172 Å². The van der Waals surface area contributed by atoms with Gasteiger partial charge < -0.3 is 15.0 Å². The number of hydrogen-bond acceptors (Lipinski definition) is 4. The van der Waals surface area contributed by atoms with Gasteiger partial charge in [-0.1, -0.05) is 29.8 Å². The van der Waals surface area contributed by atoms with Crippen LogP contribution >= 0.6 is 11.6 Å². The molecular weight excluding hydrogens is 392 g/mol. The molecule has 8 heteroatoms. The molecule has 2 amide bonds. The number of anilines is 1. The maximum absolute atomic E-state index is 12.1. The average molecular weight is 411 g/mol. The molecule has 1 unspecified atom stereocenters. The van der Waals surface area contributed by atoms with Gasteiger partial charge in [0.15, 0.2) is 6.10 Å². The predicted molar refractivity (Wildman–Crippen MR) is 112 cm³/mol. The summed E-state index contributed by atoms with van der Waals surface area (Å²) in [5, 5.41) is 7.01. The first-order valence-electron chi connectivity index (χ1n) is 9.21. The second kappa shape index (κ2) is 8.36. The van der Waals surface area contributed by atoms with Crippen molar-refractivity contribution in [3.63, 3.8) is 0 Å². The number of nitrogens with one attached hydrogen (secondary N) is 3. The van der Waals surface area contributed by atoms with Crippen LogP contribution in [0.2, 0.25) is 5.02 Å². The molecule has 1 aliphatic heterocycles. The molecule has 0 aliphatic carbocycles. The Morgan fingerprint density at radius 3 is 2.79 bits per heavy atom. The maximum atomic E-state index is 12.1. The molecule has 1 aliphatic rings. The fourth-order valence-electron chi connectivity index (χ4n) is 3.17. The molecule has 0 saturated carbocycles. The lowest BCUT2D eigenvalue weighted by molar-refractivity contribution is -0.123. The fourth-order valence-corrected chi connectivity index (χ4v) is 3.30. The largest absolute Gasteiger partial charge is 0.452 e. The summed E-state index contributed by atoms with van der Waals surface area (Å²) in [6.07, 6.45) is 2.53. The molecule has 1 saturated heterocycles. The van der Waals surface area contributed by atoms with Crippen LogP contribution in [0.5, 0.6) is 0 Å². The molecule has 1 fully saturated rings. The first-order valence-corrected chi connectivity index (χ1v) is 9.58. The molecule has 29 heavy (non-hydrogen) atoms. The Balaban J connectivity index is 1.30. The molecule has 1 atom stereocenters. The van der Waals surface area contributed by atoms with Crippen LogP contribution in [0.1, 0.15) is 12.0 Å². The molecular formula is C21H19ClN4O3. The van der Waals surface area contributed by atoms with Crippen molar-refractivity contribution >= 4 is 46.0 Å². The number of amidine groups is 1. The third-order valence-electron chi connectivity index (χ3n) is 4.62. The lowest BCUT2D eigenvalue weighted by atomic mass is 10.1. The van der Waals surface area contributed by atoms with Crippen molar-refractivity contribution < 1.29 is 14.3 Å². The van der Waals surface area contributed by atoms with Crippen LogP contribution in [0.4, 0.5) is 5.69 Å². The standard InChI is InChI=1S/C21H19ClN4O3/c22-14-6-8-15(9-7-14)25-19(27)12-24-21-26-20(28)18(29-21)10-5-13-11-23-17-4-2-1-3-16(13)17/h1-4,6-9,11,18,23H,5,10,12H2,(H,25,27)(H,24,26,28). The third kappa shape index (κ3) is 4.57. The van der Waals surface area contributed by atoms with Crippen LogP contribution in [-0.4, -0.2) is 35.5 Å². The number of aryl methyl sites for hydroxylation is 1. The molecule has 3 N–H and O–H groups in total. The summed E-state index contributed by atoms with van der Waals surface area (Å²) in [6.45, 7) is -0.159. The zero-order valence-electron chi connectivity index (χ0n) is 15.4. The number of para-hydroxylation sites is 1. The minimum atomic E-state index is -0.623. The van der Waals surface area contributed by atoms with Gasteiger partial charge in [-0.25, -0.2) is 4.99 Å². The van der Waals surface area contributed by atoms with Gasteiger partial charge in [0.1, 0.15) is 6.54 Å². The van der Waals surface area contributed by atoms with Crippen LogP contribution in [0.15, 0.2) is 59.7 Å². The number of benzene rings is 2. The highest BCUT2D eigenvalue weighted by Crippen LogP contribution is 2.21. The minimum Gasteiger partial charge on any atom is -0.452 e. The number of aromatic nitrogens is 1. The van der Waals surface area contributed by atoms with Gasteiger partial charge in [-0.3, -0.25) is 14.9 Å². The van der Waals surface area contributed by atoms with Crippen molar-refractivity contribution in [2.24, 2.45) is 4.99 Å². The van der Waals surface area contributed by atoms with Crippen molar-refractivity contribution in [2.75, 3.05) is 11.9 Å². The molecule has 148 valence electrons. The van der Waals surface area contributed by atoms with Gasteiger partial charge in [0, 0.05) is 27.8 Å². The Morgan fingerprint density at radius 2 is 1.97 bits per heavy atom. The number of fused-ring (bicyclic) bond motifs is 1. The van der Waals surface area contributed by atoms with Crippen molar-refractivity contribution in [3.8, 4) is 0 Å². The summed E-state index contributed by atoms with van der Waals surface area (Å²) in [6, 6.07) is 14.8. The van der Waals surface area contributed by atoms with Crippen molar-refractivity contribution in [2.45, 2.75) is 18.9 Å². The van der Waals surface area contributed by atoms with E-state index in [9.17, 15) is 9.59 Å². The second-order valence-electron chi connectivity index (χ2n) is 6.67. The second-order valence-corrected chi connectivity index (χ2v) is 7.11. The molecule has 2 aromatic carbocycles. The van der Waals surface area contributed by atoms with E-state index in [2.05, 4.69) is 20.6 Å². The SMILES string of the molecule is O=C(CN=C1NC(=O)C(CCc2c[nH]c3ccccc23)O1)Nc1ccc(Cl)cc1. The van der Waals surface area contributed by atoms with Gasteiger partial charge in [-0.2, -0.15) is 0 Å². The van der Waals surface area contributed by atoms with Gasteiger partial charge in [0.2, 0.25) is 5.91 Å². The molecule has 4 rings (SSSR count). The number of carbonyl (C=O) groups is 2. The summed E-state index contributed by atoms with van der Waals surface area (Å²) in [5.41, 5.74) is 2.81. The highest BCUT2D eigenvalue weighted by molar-refractivity contribution is 6.30. The van der Waals surface area contributed by atoms with E-state index in [-0.39, 0.29) is 24.4 Å². The van der Waals surface area contributed by atoms with E-state index in [1.54, 1.807) is 24.3 Å². The number of halogens is 1. The van der Waals surface area contributed by atoms with Crippen molar-refractivity contribution in [1.29, 1.82) is 0 Å². The summed E-state index contributed by atoms with van der Waals surface area (Å²) < 4.78 is 5.58. The van der Waals surface area contributed by atoms with E-state index in [1.165, 1.54) is 0 Å². The molecule has 7 nitrogen and oxygen atoms in total. The van der Waals surface area contributed by atoms with Gasteiger partial charge in [-0.05, 0) is 48.7 Å². The van der Waals surface area contributed by atoms with Crippen molar-refractivity contribution in [1.82, 2.24) is 10.3 Å². The molecule has 2 heterocycles. The number of nitrogens with zero attached hydrogens (tertiary/aromatic N) is 1. The highest BCUT2D eigenvalue weighted by atomic mass is 35.5. The lowest BCUT2D eigenvalue weighted by Gasteiger charge is -2.06. The topological polar surface area (TPSA) is 95.6 Å². The van der Waals surface area contributed by atoms with Crippen LogP contribution in [0, 0.1) is 0 Å². The first-order chi connectivity index (χ1) is 14.1. The van der Waals surface area contributed by atoms with E-state index in [0.717, 1.165) is 16.5 Å². The number of carbonyl (C=O) groups excluding carboxylic acids is 2. The number of aliphatic imine (C=N–C) groups is 1. The summed E-state index contributed by atoms with van der Waals surface area (Å²) in [5.74, 6) is -0.568.